The Labute approximate surface area is 840 Å². The van der Waals surface area contributed by atoms with E-state index in [-0.39, 0.29) is 0 Å². The predicted octanol–water partition coefficient (Wildman–Crippen LogP) is 37.8. The fourth-order valence-electron chi connectivity index (χ4n) is 24.6. The van der Waals surface area contributed by atoms with Crippen LogP contribution in [0.1, 0.15) is 0 Å². The van der Waals surface area contributed by atoms with Crippen molar-refractivity contribution in [2.45, 2.75) is 0 Å². The van der Waals surface area contributed by atoms with E-state index in [1.54, 1.807) is 0 Å². The Morgan fingerprint density at radius 2 is 0.401 bits per heavy atom. The molecule has 0 aliphatic carbocycles. The number of para-hydroxylation sites is 11. The largest absolute Gasteiger partial charge is 0.456 e. The van der Waals surface area contributed by atoms with Crippen LogP contribution in [0.25, 0.3) is 296 Å². The molecule has 0 unspecified atom stereocenters. The van der Waals surface area contributed by atoms with Gasteiger partial charge in [0.15, 0.2) is 0 Å². The zero-order chi connectivity index (χ0) is 96.2. The lowest BCUT2D eigenvalue weighted by Crippen LogP contribution is -1.96. The summed E-state index contributed by atoms with van der Waals surface area (Å²) in [5, 5.41) is 29.3. The fraction of sp³-hybridized carbons (Fsp3) is 0. The average Bonchev–Trinajstić information content (AvgIpc) is 1.54. The summed E-state index contributed by atoms with van der Waals surface area (Å²) < 4.78 is 33.8. The van der Waals surface area contributed by atoms with E-state index < -0.39 is 0 Å². The highest BCUT2D eigenvalue weighted by molar-refractivity contribution is 6.33. The van der Waals surface area contributed by atoms with Gasteiger partial charge in [-0.1, -0.05) is 370 Å². The van der Waals surface area contributed by atoms with Crippen LogP contribution in [0.15, 0.2) is 523 Å². The van der Waals surface area contributed by atoms with Crippen LogP contribution in [-0.2, 0) is 0 Å². The number of hydrogen-bond donors (Lipinski definition) is 0. The van der Waals surface area contributed by atoms with E-state index in [0.29, 0.717) is 0 Å². The van der Waals surface area contributed by atoms with Crippen LogP contribution in [-0.4, -0.2) is 27.4 Å². The minimum Gasteiger partial charge on any atom is -0.456 e. The van der Waals surface area contributed by atoms with E-state index in [4.69, 9.17) is 13.3 Å². The first kappa shape index (κ1) is 82.0. The van der Waals surface area contributed by atoms with Gasteiger partial charge < -0.3 is 40.7 Å². The van der Waals surface area contributed by atoms with E-state index in [9.17, 15) is 0 Å². The Balaban J connectivity index is 0.0000000999. The highest BCUT2D eigenvalue weighted by Gasteiger charge is 2.29. The summed E-state index contributed by atoms with van der Waals surface area (Å²) in [7, 11) is 0. The van der Waals surface area contributed by atoms with Crippen molar-refractivity contribution in [1.82, 2.24) is 27.4 Å². The van der Waals surface area contributed by atoms with Crippen molar-refractivity contribution >= 4 is 229 Å². The second kappa shape index (κ2) is 32.4. The number of benzene rings is 24. The molecule has 9 heterocycles. The van der Waals surface area contributed by atoms with E-state index in [0.717, 1.165) is 133 Å². The molecule has 0 N–H and O–H groups in total. The third kappa shape index (κ3) is 12.4. The fourth-order valence-corrected chi connectivity index (χ4v) is 24.6. The van der Waals surface area contributed by atoms with Gasteiger partial charge in [0, 0.05) is 158 Å². The van der Waals surface area contributed by atoms with Gasteiger partial charge in [-0.2, -0.15) is 0 Å². The number of furan rings is 3. The quantitative estimate of drug-likeness (QED) is 0.145. The first-order chi connectivity index (χ1) is 73.0. The Kier molecular flexibility index (Phi) is 18.1. The summed E-state index contributed by atoms with van der Waals surface area (Å²) in [5.41, 5.74) is 33.6. The molecule has 0 amide bonds. The molecular formula is C138H84N6O3. The standard InChI is InChI=1S/3C46H28N2O/c1-2-13-32(14-3-1)47-40-19-8-6-17-35(40)38-25-26-41-44(46(38)47)39-24-21-29-11-4-5-16-34(29)45(39)48(41)33-15-10-12-30(27-33)31-22-23-37-36-18-7-9-20-42(36)49-43(37)28-31;1-2-12-31(13-3-1)48-41-28-27-37-35-15-6-8-19-40(35)47(45(37)43(41)39-26-23-29-11-4-5-14-33(29)44(39)48)32-24-21-30(22-25-32)34-17-10-18-38-36-16-7-9-20-42(36)49-46(34)38;1-2-12-31(13-3-1)47-40-19-8-6-15-35(40)37-27-28-41-43(45(37)47)39-26-23-29-11-4-5-14-33(29)44(39)48(41)32-24-21-30(22-25-32)34-17-10-18-38-36-16-7-9-20-42(36)49-46(34)38/h3*1-28H. The molecular weight excluding hydrogens is 1790 g/mol. The van der Waals surface area contributed by atoms with Gasteiger partial charge in [-0.05, 0) is 178 Å². The highest BCUT2D eigenvalue weighted by atomic mass is 16.3. The Morgan fingerprint density at radius 3 is 0.803 bits per heavy atom. The highest BCUT2D eigenvalue weighted by Crippen LogP contribution is 2.51. The van der Waals surface area contributed by atoms with Crippen LogP contribution in [0.5, 0.6) is 0 Å². The number of fused-ring (bicyclic) bond motifs is 36. The van der Waals surface area contributed by atoms with Gasteiger partial charge in [0.2, 0.25) is 0 Å². The summed E-state index contributed by atoms with van der Waals surface area (Å²) in [6.45, 7) is 0. The zero-order valence-electron chi connectivity index (χ0n) is 79.4. The summed E-state index contributed by atoms with van der Waals surface area (Å²) in [6, 6.07) is 184. The molecule has 33 aromatic rings. The van der Waals surface area contributed by atoms with Crippen LogP contribution >= 0.6 is 0 Å². The first-order valence-corrected chi connectivity index (χ1v) is 50.3. The Bertz CT molecular complexity index is 11300. The predicted molar refractivity (Wildman–Crippen MR) is 616 cm³/mol. The van der Waals surface area contributed by atoms with Crippen molar-refractivity contribution in [3.63, 3.8) is 0 Å². The van der Waals surface area contributed by atoms with Crippen LogP contribution in [0.2, 0.25) is 0 Å². The van der Waals surface area contributed by atoms with Gasteiger partial charge in [-0.25, -0.2) is 0 Å². The molecule has 0 fully saturated rings. The van der Waals surface area contributed by atoms with Crippen molar-refractivity contribution in [3.05, 3.63) is 510 Å². The van der Waals surface area contributed by atoms with Crippen molar-refractivity contribution in [1.29, 1.82) is 0 Å². The zero-order valence-corrected chi connectivity index (χ0v) is 79.4. The molecule has 9 heteroatoms. The van der Waals surface area contributed by atoms with Gasteiger partial charge in [-0.15, -0.1) is 0 Å². The summed E-state index contributed by atoms with van der Waals surface area (Å²) in [5.74, 6) is 0. The summed E-state index contributed by atoms with van der Waals surface area (Å²) >= 11 is 0. The number of nitrogens with zero attached hydrogens (tertiary/aromatic N) is 6. The summed E-state index contributed by atoms with van der Waals surface area (Å²) in [6.07, 6.45) is 0. The van der Waals surface area contributed by atoms with E-state index in [1.165, 1.54) is 163 Å². The van der Waals surface area contributed by atoms with E-state index in [2.05, 4.69) is 501 Å². The monoisotopic (exact) mass is 1870 g/mol. The molecule has 0 aliphatic rings. The van der Waals surface area contributed by atoms with Crippen LogP contribution < -0.4 is 0 Å². The molecule has 24 aromatic carbocycles. The van der Waals surface area contributed by atoms with Gasteiger partial charge in [0.05, 0.1) is 66.2 Å². The first-order valence-electron chi connectivity index (χ1n) is 50.3. The maximum absolute atomic E-state index is 6.41. The van der Waals surface area contributed by atoms with Crippen molar-refractivity contribution in [3.8, 4) is 67.5 Å². The molecule has 0 atom stereocenters. The topological polar surface area (TPSA) is 69.0 Å². The van der Waals surface area contributed by atoms with Gasteiger partial charge in [0.25, 0.3) is 0 Å². The molecule has 684 valence electrons. The molecule has 0 aliphatic heterocycles. The van der Waals surface area contributed by atoms with Crippen LogP contribution in [0.3, 0.4) is 0 Å². The molecule has 9 aromatic heterocycles. The molecule has 9 nitrogen and oxygen atoms in total. The molecule has 0 spiro atoms. The lowest BCUT2D eigenvalue weighted by molar-refractivity contribution is 0.669. The third-order valence-electron chi connectivity index (χ3n) is 30.9. The lowest BCUT2D eigenvalue weighted by atomic mass is 10.0. The second-order valence-corrected chi connectivity index (χ2v) is 38.7. The molecule has 147 heavy (non-hydrogen) atoms. The van der Waals surface area contributed by atoms with E-state index >= 15 is 0 Å². The molecule has 33 rings (SSSR count). The average molecular weight is 1870 g/mol. The maximum Gasteiger partial charge on any atom is 0.143 e. The smallest absolute Gasteiger partial charge is 0.143 e. The summed E-state index contributed by atoms with van der Waals surface area (Å²) in [4.78, 5) is 0. The number of aromatic nitrogens is 6. The SMILES string of the molecule is c1ccc(-n2c3ccc4c5ccccc5n(-c5ccc(-c6cccc7c6oc6ccccc67)cc5)c4c3c3ccc4ccccc4c32)cc1.c1ccc(-n2c3ccccc3c3ccc4c(c5ccc6ccccc6c5n4-c4ccc(-c5cccc6c5oc5ccccc56)cc4)c32)cc1.c1ccc(-n2c3ccccc3c3ccc4c(c5ccc6ccccc6c5n4-c4cccc(-c5ccc6c(c5)oc5ccccc56)c4)c32)cc1. The van der Waals surface area contributed by atoms with E-state index in [1.807, 2.05) is 36.4 Å². The maximum atomic E-state index is 6.41. The Hall–Kier alpha value is -19.7. The van der Waals surface area contributed by atoms with Crippen molar-refractivity contribution < 1.29 is 13.3 Å². The Morgan fingerprint density at radius 1 is 0.129 bits per heavy atom. The number of hydrogen-bond acceptors (Lipinski definition) is 3. The number of rotatable bonds is 9. The minimum absolute atomic E-state index is 0.906. The third-order valence-corrected chi connectivity index (χ3v) is 30.9. The normalized spacial score (nSPS) is 12.1. The molecule has 0 saturated heterocycles. The molecule has 0 saturated carbocycles. The van der Waals surface area contributed by atoms with Crippen molar-refractivity contribution in [2.75, 3.05) is 0 Å². The molecule has 0 radical (unpaired) electrons. The van der Waals surface area contributed by atoms with Crippen LogP contribution in [0, 0.1) is 0 Å². The second-order valence-electron chi connectivity index (χ2n) is 38.7. The lowest BCUT2D eigenvalue weighted by Gasteiger charge is -2.12. The van der Waals surface area contributed by atoms with Gasteiger partial charge in [0.1, 0.15) is 33.5 Å². The van der Waals surface area contributed by atoms with Gasteiger partial charge in [-0.3, -0.25) is 0 Å². The van der Waals surface area contributed by atoms with Gasteiger partial charge >= 0.3 is 0 Å². The minimum atomic E-state index is 0.906. The van der Waals surface area contributed by atoms with Crippen LogP contribution in [0.4, 0.5) is 0 Å². The molecule has 0 bridgehead atoms. The van der Waals surface area contributed by atoms with Crippen molar-refractivity contribution in [2.24, 2.45) is 0 Å².